The van der Waals surface area contributed by atoms with Crippen LogP contribution in [-0.2, 0) is 0 Å². The number of hydrogen-bond donors (Lipinski definition) is 1. The topological polar surface area (TPSA) is 58.4 Å². The third-order valence-electron chi connectivity index (χ3n) is 4.56. The maximum absolute atomic E-state index is 10.8. The summed E-state index contributed by atoms with van der Waals surface area (Å²) < 4.78 is 0. The van der Waals surface area contributed by atoms with Gasteiger partial charge in [-0.25, -0.2) is 0 Å². The molecule has 1 aromatic carbocycles. The Hall–Kier alpha value is -1.62. The lowest BCUT2D eigenvalue weighted by molar-refractivity contribution is -0.384. The molecule has 0 aliphatic carbocycles. The first-order chi connectivity index (χ1) is 9.10. The van der Waals surface area contributed by atoms with Crippen molar-refractivity contribution in [1.82, 2.24) is 5.32 Å². The van der Waals surface area contributed by atoms with Crippen molar-refractivity contribution in [3.8, 4) is 0 Å². The molecule has 0 saturated carbocycles. The Labute approximate surface area is 112 Å². The van der Waals surface area contributed by atoms with Gasteiger partial charge in [0.15, 0.2) is 0 Å². The van der Waals surface area contributed by atoms with E-state index in [1.165, 1.54) is 12.8 Å². The SMILES string of the molecule is Cc1cc([N+](=O)[O-])ccc1N1CCC2(CC1)CNC2. The van der Waals surface area contributed by atoms with Crippen molar-refractivity contribution in [2.45, 2.75) is 19.8 Å². The maximum atomic E-state index is 10.8. The zero-order valence-corrected chi connectivity index (χ0v) is 11.2. The van der Waals surface area contributed by atoms with E-state index in [1.807, 2.05) is 13.0 Å². The predicted molar refractivity (Wildman–Crippen MR) is 74.6 cm³/mol. The minimum atomic E-state index is -0.331. The average molecular weight is 261 g/mol. The Kier molecular flexibility index (Phi) is 2.93. The van der Waals surface area contributed by atoms with Crippen LogP contribution in [0.3, 0.4) is 0 Å². The molecule has 2 heterocycles. The van der Waals surface area contributed by atoms with Crippen LogP contribution in [0, 0.1) is 22.5 Å². The minimum absolute atomic E-state index is 0.179. The molecule has 0 bridgehead atoms. The molecule has 19 heavy (non-hydrogen) atoms. The summed E-state index contributed by atoms with van der Waals surface area (Å²) in [6.45, 7) is 6.37. The number of aryl methyl sites for hydroxylation is 1. The highest BCUT2D eigenvalue weighted by atomic mass is 16.6. The molecular formula is C14H19N3O2. The zero-order valence-electron chi connectivity index (χ0n) is 11.2. The number of hydrogen-bond acceptors (Lipinski definition) is 4. The highest BCUT2D eigenvalue weighted by molar-refractivity contribution is 5.57. The molecule has 0 aromatic heterocycles. The summed E-state index contributed by atoms with van der Waals surface area (Å²) in [7, 11) is 0. The van der Waals surface area contributed by atoms with E-state index in [1.54, 1.807) is 12.1 Å². The van der Waals surface area contributed by atoms with Crippen LogP contribution < -0.4 is 10.2 Å². The Morgan fingerprint density at radius 3 is 2.47 bits per heavy atom. The number of nitro groups is 1. The molecule has 0 radical (unpaired) electrons. The lowest BCUT2D eigenvalue weighted by Crippen LogP contribution is -2.58. The van der Waals surface area contributed by atoms with Gasteiger partial charge >= 0.3 is 0 Å². The largest absolute Gasteiger partial charge is 0.371 e. The molecule has 0 atom stereocenters. The van der Waals surface area contributed by atoms with Crippen molar-refractivity contribution in [2.24, 2.45) is 5.41 Å². The molecule has 0 unspecified atom stereocenters. The van der Waals surface area contributed by atoms with E-state index < -0.39 is 0 Å². The fourth-order valence-electron chi connectivity index (χ4n) is 3.16. The first-order valence-corrected chi connectivity index (χ1v) is 6.80. The van der Waals surface area contributed by atoms with E-state index in [2.05, 4.69) is 10.2 Å². The smallest absolute Gasteiger partial charge is 0.269 e. The number of piperidine rings is 1. The Bertz CT molecular complexity index is 501. The van der Waals surface area contributed by atoms with Crippen molar-refractivity contribution in [2.75, 3.05) is 31.1 Å². The Morgan fingerprint density at radius 2 is 2.00 bits per heavy atom. The van der Waals surface area contributed by atoms with E-state index in [0.29, 0.717) is 5.41 Å². The van der Waals surface area contributed by atoms with Crippen molar-refractivity contribution < 1.29 is 4.92 Å². The summed E-state index contributed by atoms with van der Waals surface area (Å²) in [6, 6.07) is 5.17. The third-order valence-corrected chi connectivity index (χ3v) is 4.56. The van der Waals surface area contributed by atoms with Gasteiger partial charge in [0.1, 0.15) is 0 Å². The molecule has 102 valence electrons. The van der Waals surface area contributed by atoms with Gasteiger partial charge in [-0.05, 0) is 36.8 Å². The number of benzene rings is 1. The zero-order chi connectivity index (χ0) is 13.5. The lowest BCUT2D eigenvalue weighted by atomic mass is 9.73. The number of non-ortho nitro benzene ring substituents is 1. The normalized spacial score (nSPS) is 21.2. The van der Waals surface area contributed by atoms with Crippen LogP contribution in [0.4, 0.5) is 11.4 Å². The van der Waals surface area contributed by atoms with Gasteiger partial charge in [-0.3, -0.25) is 10.1 Å². The molecule has 2 saturated heterocycles. The molecule has 2 fully saturated rings. The van der Waals surface area contributed by atoms with Crippen LogP contribution in [0.2, 0.25) is 0 Å². The van der Waals surface area contributed by atoms with E-state index >= 15 is 0 Å². The van der Waals surface area contributed by atoms with E-state index in [-0.39, 0.29) is 10.6 Å². The van der Waals surface area contributed by atoms with Gasteiger partial charge in [0.25, 0.3) is 5.69 Å². The highest BCUT2D eigenvalue weighted by Crippen LogP contribution is 2.37. The van der Waals surface area contributed by atoms with Crippen molar-refractivity contribution in [3.05, 3.63) is 33.9 Å². The molecule has 1 N–H and O–H groups in total. The molecule has 3 rings (SSSR count). The van der Waals surface area contributed by atoms with Gasteiger partial charge in [-0.15, -0.1) is 0 Å². The number of nitrogens with zero attached hydrogens (tertiary/aromatic N) is 2. The second kappa shape index (κ2) is 4.49. The summed E-state index contributed by atoms with van der Waals surface area (Å²) in [6.07, 6.45) is 2.44. The maximum Gasteiger partial charge on any atom is 0.269 e. The number of anilines is 1. The summed E-state index contributed by atoms with van der Waals surface area (Å²) in [5.41, 5.74) is 2.85. The fourth-order valence-corrected chi connectivity index (χ4v) is 3.16. The minimum Gasteiger partial charge on any atom is -0.371 e. The van der Waals surface area contributed by atoms with Crippen LogP contribution in [-0.4, -0.2) is 31.1 Å². The van der Waals surface area contributed by atoms with Gasteiger partial charge in [0, 0.05) is 44.0 Å². The molecule has 0 amide bonds. The van der Waals surface area contributed by atoms with Crippen molar-refractivity contribution in [1.29, 1.82) is 0 Å². The standard InChI is InChI=1S/C14H19N3O2/c1-11-8-12(17(18)19)2-3-13(11)16-6-4-14(5-7-16)9-15-10-14/h2-3,8,15H,4-7,9-10H2,1H3. The first kappa shape index (κ1) is 12.4. The molecule has 2 aliphatic rings. The van der Waals surface area contributed by atoms with Gasteiger partial charge < -0.3 is 10.2 Å². The van der Waals surface area contributed by atoms with Gasteiger partial charge in [0.2, 0.25) is 0 Å². The molecule has 1 aromatic rings. The van der Waals surface area contributed by atoms with Crippen LogP contribution >= 0.6 is 0 Å². The molecule has 1 spiro atoms. The monoisotopic (exact) mass is 261 g/mol. The van der Waals surface area contributed by atoms with Crippen LogP contribution in [0.5, 0.6) is 0 Å². The fraction of sp³-hybridized carbons (Fsp3) is 0.571. The molecular weight excluding hydrogens is 242 g/mol. The second-order valence-electron chi connectivity index (χ2n) is 5.82. The summed E-state index contributed by atoms with van der Waals surface area (Å²) in [4.78, 5) is 12.8. The molecule has 2 aliphatic heterocycles. The first-order valence-electron chi connectivity index (χ1n) is 6.80. The summed E-state index contributed by atoms with van der Waals surface area (Å²) in [5.74, 6) is 0. The van der Waals surface area contributed by atoms with E-state index in [0.717, 1.165) is 37.4 Å². The van der Waals surface area contributed by atoms with Gasteiger partial charge in [0.05, 0.1) is 4.92 Å². The summed E-state index contributed by atoms with van der Waals surface area (Å²) >= 11 is 0. The van der Waals surface area contributed by atoms with Crippen LogP contribution in [0.25, 0.3) is 0 Å². The molecule has 5 nitrogen and oxygen atoms in total. The van der Waals surface area contributed by atoms with E-state index in [9.17, 15) is 10.1 Å². The summed E-state index contributed by atoms with van der Waals surface area (Å²) in [5, 5.41) is 14.1. The molecule has 5 heteroatoms. The lowest BCUT2D eigenvalue weighted by Gasteiger charge is -2.49. The van der Waals surface area contributed by atoms with Gasteiger partial charge in [-0.1, -0.05) is 0 Å². The second-order valence-corrected chi connectivity index (χ2v) is 5.82. The number of rotatable bonds is 2. The number of nitro benzene ring substituents is 1. The number of nitrogens with one attached hydrogen (secondary N) is 1. The van der Waals surface area contributed by atoms with Gasteiger partial charge in [-0.2, -0.15) is 0 Å². The Morgan fingerprint density at radius 1 is 1.32 bits per heavy atom. The Balaban J connectivity index is 1.74. The quantitative estimate of drug-likeness (QED) is 0.654. The third kappa shape index (κ3) is 2.18. The van der Waals surface area contributed by atoms with Crippen molar-refractivity contribution >= 4 is 11.4 Å². The highest BCUT2D eigenvalue weighted by Gasteiger charge is 2.39. The van der Waals surface area contributed by atoms with E-state index in [4.69, 9.17) is 0 Å². The predicted octanol–water partition coefficient (Wildman–Crippen LogP) is 2.09. The average Bonchev–Trinajstić information content (AvgIpc) is 2.37. The van der Waals surface area contributed by atoms with Crippen molar-refractivity contribution in [3.63, 3.8) is 0 Å². The van der Waals surface area contributed by atoms with Crippen LogP contribution in [0.1, 0.15) is 18.4 Å². The van der Waals surface area contributed by atoms with Crippen LogP contribution in [0.15, 0.2) is 18.2 Å².